The molecular formula is C52H84N4O21. The van der Waals surface area contributed by atoms with Crippen molar-refractivity contribution in [2.45, 2.75) is 209 Å². The molecule has 0 bridgehead atoms. The first-order valence-electron chi connectivity index (χ1n) is 26.6. The summed E-state index contributed by atoms with van der Waals surface area (Å²) >= 11 is 0. The third-order valence-corrected chi connectivity index (χ3v) is 14.3. The topological polar surface area (TPSA) is 364 Å². The van der Waals surface area contributed by atoms with Gasteiger partial charge in [-0.2, -0.15) is 0 Å². The van der Waals surface area contributed by atoms with E-state index in [1.54, 1.807) is 24.3 Å². The summed E-state index contributed by atoms with van der Waals surface area (Å²) in [7, 11) is 1.36. The summed E-state index contributed by atoms with van der Waals surface area (Å²) in [5.74, 6) is -3.00. The smallest absolute Gasteiger partial charge is 0.220 e. The molecule has 0 spiro atoms. The molecular weight excluding hydrogens is 1020 g/mol. The summed E-state index contributed by atoms with van der Waals surface area (Å²) in [5.41, 5.74) is 0.558. The number of ether oxygens (including phenoxy) is 8. The number of aliphatic hydroxyl groups is 9. The number of rotatable bonds is 27. The van der Waals surface area contributed by atoms with Crippen molar-refractivity contribution in [2.75, 3.05) is 40.1 Å². The summed E-state index contributed by atoms with van der Waals surface area (Å²) in [5, 5.41) is 109. The van der Waals surface area contributed by atoms with Crippen LogP contribution in [0.5, 0.6) is 5.75 Å². The molecule has 20 unspecified atom stereocenters. The zero-order valence-corrected chi connectivity index (χ0v) is 44.8. The lowest BCUT2D eigenvalue weighted by atomic mass is 9.80. The monoisotopic (exact) mass is 1100 g/mol. The minimum Gasteiger partial charge on any atom is -0.494 e. The van der Waals surface area contributed by atoms with Crippen LogP contribution in [0.4, 0.5) is 0 Å². The van der Waals surface area contributed by atoms with Gasteiger partial charge in [-0.1, -0.05) is 50.5 Å². The predicted octanol–water partition coefficient (Wildman–Crippen LogP) is -2.26. The molecule has 4 heterocycles. The predicted molar refractivity (Wildman–Crippen MR) is 270 cm³/mol. The van der Waals surface area contributed by atoms with Crippen LogP contribution in [-0.4, -0.2) is 231 Å². The van der Waals surface area contributed by atoms with E-state index < -0.39 is 166 Å². The van der Waals surface area contributed by atoms with Gasteiger partial charge in [0.05, 0.1) is 57.4 Å². The molecule has 1 aromatic rings. The third kappa shape index (κ3) is 17.3. The van der Waals surface area contributed by atoms with Crippen molar-refractivity contribution in [3.8, 4) is 5.75 Å². The summed E-state index contributed by atoms with van der Waals surface area (Å²) in [6.45, 7) is 4.40. The Bertz CT molecular complexity index is 2020. The Morgan fingerprint density at radius 1 is 0.636 bits per heavy atom. The first-order chi connectivity index (χ1) is 36.8. The largest absolute Gasteiger partial charge is 0.494 e. The van der Waals surface area contributed by atoms with Crippen LogP contribution in [0.2, 0.25) is 0 Å². The van der Waals surface area contributed by atoms with Crippen LogP contribution in [0.1, 0.15) is 91.5 Å². The molecule has 4 saturated heterocycles. The van der Waals surface area contributed by atoms with Gasteiger partial charge >= 0.3 is 0 Å². The third-order valence-electron chi connectivity index (χ3n) is 14.3. The van der Waals surface area contributed by atoms with Crippen LogP contribution < -0.4 is 20.7 Å². The van der Waals surface area contributed by atoms with E-state index in [0.717, 1.165) is 39.5 Å². The number of allylic oxidation sites excluding steroid dienone is 2. The summed E-state index contributed by atoms with van der Waals surface area (Å²) in [6.07, 6.45) is -12.4. The van der Waals surface area contributed by atoms with E-state index in [-0.39, 0.29) is 19.6 Å². The molecule has 0 radical (unpaired) electrons. The molecule has 1 aromatic carbocycles. The van der Waals surface area contributed by atoms with Crippen LogP contribution >= 0.6 is 0 Å². The van der Waals surface area contributed by atoms with Crippen molar-refractivity contribution in [1.29, 1.82) is 0 Å². The molecule has 0 aromatic heterocycles. The van der Waals surface area contributed by atoms with Gasteiger partial charge in [0.1, 0.15) is 78.8 Å². The number of benzene rings is 1. The molecule has 20 atom stereocenters. The van der Waals surface area contributed by atoms with Crippen LogP contribution in [0, 0.1) is 5.92 Å². The van der Waals surface area contributed by atoms with Crippen molar-refractivity contribution in [3.05, 3.63) is 42.0 Å². The quantitative estimate of drug-likeness (QED) is 0.0327. The lowest BCUT2D eigenvalue weighted by molar-refractivity contribution is -0.352. The summed E-state index contributed by atoms with van der Waals surface area (Å²) < 4.78 is 48.1. The number of unbranched alkanes of at least 4 members (excludes halogenated alkanes) is 5. The average Bonchev–Trinajstić information content (AvgIpc) is 3.40. The van der Waals surface area contributed by atoms with Crippen LogP contribution in [0.3, 0.4) is 0 Å². The highest BCUT2D eigenvalue weighted by Crippen LogP contribution is 2.37. The molecule has 4 aliphatic rings. The van der Waals surface area contributed by atoms with Crippen molar-refractivity contribution in [2.24, 2.45) is 5.92 Å². The fourth-order valence-corrected chi connectivity index (χ4v) is 10.5. The van der Waals surface area contributed by atoms with E-state index in [1.807, 2.05) is 0 Å². The van der Waals surface area contributed by atoms with E-state index in [9.17, 15) is 65.1 Å². The molecule has 0 aliphatic carbocycles. The standard InChI is InChI=1S/C52H84N4O21/c1-7-8-9-10-11-12-13-14-15-19-71-32-18-16-17-31(20-32)22-56(30(5)63)42-47(68)44(65)35(23-57)74-52(42)77-49-37(25-59)75-51(41(46(49)67)55-29(4)62)76-48-36(24-58)72-34(39(45(48)66)53-27(2)60)21-33-38(26-70-6)73-50(69)40(43(33)64)54-28(3)61/h12-13,16-18,20,33-52,57-59,64-69H,7-11,14-15,19,21-26H2,1-6H3,(H,53,60)(H,54,61)(H,55,62)/b13-12-. The van der Waals surface area contributed by atoms with Gasteiger partial charge in [0, 0.05) is 47.3 Å². The zero-order valence-electron chi connectivity index (χ0n) is 44.8. The Kier molecular flexibility index (Phi) is 25.8. The Morgan fingerprint density at radius 3 is 1.83 bits per heavy atom. The summed E-state index contributed by atoms with van der Waals surface area (Å²) in [6, 6.07) is 1.12. The molecule has 5 rings (SSSR count). The highest BCUT2D eigenvalue weighted by atomic mass is 16.7. The van der Waals surface area contributed by atoms with Gasteiger partial charge in [-0.3, -0.25) is 19.2 Å². The number of hydrogen-bond acceptors (Lipinski definition) is 21. The lowest BCUT2D eigenvalue weighted by Gasteiger charge is -2.51. The van der Waals surface area contributed by atoms with Gasteiger partial charge in [-0.25, -0.2) is 0 Å². The van der Waals surface area contributed by atoms with E-state index in [1.165, 1.54) is 45.1 Å². The second-order valence-electron chi connectivity index (χ2n) is 20.2. The lowest BCUT2D eigenvalue weighted by Crippen LogP contribution is -2.71. The minimum atomic E-state index is -1.90. The van der Waals surface area contributed by atoms with Gasteiger partial charge in [-0.05, 0) is 49.8 Å². The van der Waals surface area contributed by atoms with Crippen LogP contribution in [0.15, 0.2) is 36.4 Å². The Labute approximate surface area is 449 Å². The van der Waals surface area contributed by atoms with E-state index in [4.69, 9.17) is 37.9 Å². The maximum atomic E-state index is 13.6. The van der Waals surface area contributed by atoms with E-state index in [2.05, 4.69) is 35.0 Å². The fourth-order valence-electron chi connectivity index (χ4n) is 10.5. The number of methoxy groups -OCH3 is 1. The van der Waals surface area contributed by atoms with Crippen molar-refractivity contribution < 1.29 is 103 Å². The van der Waals surface area contributed by atoms with E-state index >= 15 is 0 Å². The van der Waals surface area contributed by atoms with Gasteiger partial charge in [0.2, 0.25) is 23.6 Å². The Balaban J connectivity index is 1.36. The molecule has 77 heavy (non-hydrogen) atoms. The normalized spacial score (nSPS) is 35.5. The summed E-state index contributed by atoms with van der Waals surface area (Å²) in [4.78, 5) is 52.3. The number of aliphatic hydroxyl groups excluding tert-OH is 9. The Hall–Kier alpha value is -4.00. The molecule has 25 nitrogen and oxygen atoms in total. The van der Waals surface area contributed by atoms with Gasteiger partial charge in [0.15, 0.2) is 18.9 Å². The maximum absolute atomic E-state index is 13.6. The fraction of sp³-hybridized carbons (Fsp3) is 0.769. The van der Waals surface area contributed by atoms with Crippen molar-refractivity contribution in [3.63, 3.8) is 0 Å². The van der Waals surface area contributed by atoms with Crippen molar-refractivity contribution in [1.82, 2.24) is 20.9 Å². The second kappa shape index (κ2) is 31.1. The highest BCUT2D eigenvalue weighted by Gasteiger charge is 2.56. The average molecular weight is 1100 g/mol. The SMILES string of the molecule is CCCCCC/C=C\CCCOc1cccc(CN(C(C)=O)C2C(OC3C(CO)OC(OC4C(CO)OC(CC5C(COC)OC(O)C(NC(C)=O)C5O)C(NC(C)=O)C4O)C(NC(C)=O)C3O)OC(CO)C(O)C2O)c1. The number of nitrogens with zero attached hydrogens (tertiary/aromatic N) is 1. The van der Waals surface area contributed by atoms with Crippen LogP contribution in [-0.2, 0) is 58.9 Å². The second-order valence-corrected chi connectivity index (χ2v) is 20.2. The minimum absolute atomic E-state index is 0.140. The molecule has 4 amide bonds. The van der Waals surface area contributed by atoms with Crippen LogP contribution in [0.25, 0.3) is 0 Å². The van der Waals surface area contributed by atoms with Gasteiger partial charge < -0.3 is 105 Å². The number of nitrogens with one attached hydrogen (secondary N) is 3. The number of carbonyl (C=O) groups is 4. The maximum Gasteiger partial charge on any atom is 0.220 e. The number of carbonyl (C=O) groups excluding carboxylic acids is 4. The molecule has 4 aliphatic heterocycles. The zero-order chi connectivity index (χ0) is 56.5. The van der Waals surface area contributed by atoms with E-state index in [0.29, 0.717) is 17.9 Å². The first kappa shape index (κ1) is 63.8. The van der Waals surface area contributed by atoms with Gasteiger partial charge in [0.25, 0.3) is 0 Å². The highest BCUT2D eigenvalue weighted by molar-refractivity contribution is 5.74. The molecule has 4 fully saturated rings. The first-order valence-corrected chi connectivity index (χ1v) is 26.6. The molecule has 12 N–H and O–H groups in total. The molecule has 438 valence electrons. The molecule has 25 heteroatoms. The van der Waals surface area contributed by atoms with Crippen molar-refractivity contribution >= 4 is 23.6 Å². The number of amides is 4. The van der Waals surface area contributed by atoms with Gasteiger partial charge in [-0.15, -0.1) is 0 Å². The molecule has 0 saturated carbocycles. The number of hydrogen-bond donors (Lipinski definition) is 12. The Morgan fingerprint density at radius 2 is 1.22 bits per heavy atom.